The normalized spacial score (nSPS) is 11.6. The number of rotatable bonds is 8. The Hall–Kier alpha value is -3.00. The van der Waals surface area contributed by atoms with Crippen LogP contribution in [0.4, 0.5) is 0 Å². The molecule has 0 bridgehead atoms. The summed E-state index contributed by atoms with van der Waals surface area (Å²) in [6, 6.07) is 10.8. The van der Waals surface area contributed by atoms with Gasteiger partial charge in [0, 0.05) is 10.8 Å². The highest BCUT2D eigenvalue weighted by atomic mass is 32.2. The number of aromatic amines is 1. The number of thioether (sulfide) groups is 1. The zero-order valence-electron chi connectivity index (χ0n) is 17.7. The average Bonchev–Trinajstić information content (AvgIpc) is 3.08. The fourth-order valence-electron chi connectivity index (χ4n) is 2.76. The molecule has 3 rings (SSSR count). The number of fused-ring (bicyclic) bond motifs is 1. The Bertz CT molecular complexity index is 1060. The zero-order chi connectivity index (χ0) is 21.7. The van der Waals surface area contributed by atoms with E-state index in [1.807, 2.05) is 32.0 Å². The van der Waals surface area contributed by atoms with E-state index in [9.17, 15) is 4.79 Å². The molecule has 0 radical (unpaired) electrons. The minimum absolute atomic E-state index is 0.0163. The molecule has 2 aromatic carbocycles. The minimum Gasteiger partial charge on any atom is -0.493 e. The highest BCUT2D eigenvalue weighted by Gasteiger charge is 2.10. The van der Waals surface area contributed by atoms with Crippen LogP contribution < -0.4 is 14.9 Å². The summed E-state index contributed by atoms with van der Waals surface area (Å²) in [4.78, 5) is 20.2. The molecule has 1 amide bonds. The number of carbonyl (C=O) groups excluding carboxylic acids is 1. The van der Waals surface area contributed by atoms with E-state index in [-0.39, 0.29) is 12.0 Å². The third-order valence-electron chi connectivity index (χ3n) is 4.00. The Kier molecular flexibility index (Phi) is 6.99. The third-order valence-corrected chi connectivity index (χ3v) is 4.89. The lowest BCUT2D eigenvalue weighted by Gasteiger charge is -2.13. The predicted octanol–water partition coefficient (Wildman–Crippen LogP) is 4.62. The van der Waals surface area contributed by atoms with Crippen molar-refractivity contribution in [3.8, 4) is 11.5 Å². The van der Waals surface area contributed by atoms with Crippen molar-refractivity contribution in [2.75, 3.05) is 7.11 Å². The second-order valence-electron chi connectivity index (χ2n) is 7.22. The lowest BCUT2D eigenvalue weighted by atomic mass is 10.2. The largest absolute Gasteiger partial charge is 0.493 e. The van der Waals surface area contributed by atoms with Crippen LogP contribution in [0.25, 0.3) is 11.0 Å². The van der Waals surface area contributed by atoms with Crippen molar-refractivity contribution in [3.05, 3.63) is 47.5 Å². The van der Waals surface area contributed by atoms with E-state index >= 15 is 0 Å². The fourth-order valence-corrected chi connectivity index (χ4v) is 3.52. The topological polar surface area (TPSA) is 88.6 Å². The van der Waals surface area contributed by atoms with E-state index in [1.165, 1.54) is 0 Å². The van der Waals surface area contributed by atoms with Crippen molar-refractivity contribution >= 4 is 34.9 Å². The van der Waals surface area contributed by atoms with Crippen LogP contribution in [0.15, 0.2) is 46.7 Å². The molecule has 0 unspecified atom stereocenters. The van der Waals surface area contributed by atoms with Gasteiger partial charge in [-0.25, -0.2) is 10.4 Å². The van der Waals surface area contributed by atoms with Crippen molar-refractivity contribution in [1.29, 1.82) is 0 Å². The third kappa shape index (κ3) is 5.54. The molecular weight excluding hydrogens is 400 g/mol. The van der Waals surface area contributed by atoms with Crippen LogP contribution in [0.5, 0.6) is 11.5 Å². The molecule has 30 heavy (non-hydrogen) atoms. The van der Waals surface area contributed by atoms with Crippen LogP contribution >= 0.6 is 11.8 Å². The van der Waals surface area contributed by atoms with Crippen molar-refractivity contribution in [3.63, 3.8) is 0 Å². The summed E-state index contributed by atoms with van der Waals surface area (Å²) in [6.07, 6.45) is 1.58. The Labute approximate surface area is 180 Å². The smallest absolute Gasteiger partial charge is 0.271 e. The lowest BCUT2D eigenvalue weighted by molar-refractivity contribution is 0.0955. The molecule has 0 spiro atoms. The molecule has 3 aromatic rings. The second kappa shape index (κ2) is 9.67. The van der Waals surface area contributed by atoms with Crippen molar-refractivity contribution < 1.29 is 14.3 Å². The van der Waals surface area contributed by atoms with Crippen LogP contribution in [-0.2, 0) is 0 Å². The number of benzene rings is 2. The minimum atomic E-state index is -0.298. The summed E-state index contributed by atoms with van der Waals surface area (Å²) in [5.74, 6) is 0.975. The van der Waals surface area contributed by atoms with Gasteiger partial charge in [0.25, 0.3) is 5.91 Å². The van der Waals surface area contributed by atoms with Crippen LogP contribution in [0.3, 0.4) is 0 Å². The van der Waals surface area contributed by atoms with Crippen molar-refractivity contribution in [1.82, 2.24) is 15.4 Å². The van der Waals surface area contributed by atoms with Crippen LogP contribution in [0, 0.1) is 0 Å². The molecule has 0 aliphatic rings. The maximum atomic E-state index is 12.5. The number of amides is 1. The molecule has 0 atom stereocenters. The standard InChI is InChI=1S/C22H26N4O3S/c1-13(2)29-20-10-15(6-9-19(20)28-5)12-23-26-21(27)16-7-8-17-18(11-16)25-22(24-17)30-14(3)4/h6-14H,1-5H3,(H,24,25)(H,26,27)/b23-12-. The number of hydrazone groups is 1. The van der Waals surface area contributed by atoms with Gasteiger partial charge in [0.05, 0.1) is 30.5 Å². The van der Waals surface area contributed by atoms with E-state index in [4.69, 9.17) is 9.47 Å². The molecule has 0 saturated carbocycles. The number of imidazole rings is 1. The van der Waals surface area contributed by atoms with E-state index in [0.717, 1.165) is 21.8 Å². The first-order chi connectivity index (χ1) is 14.4. The monoisotopic (exact) mass is 426 g/mol. The average molecular weight is 427 g/mol. The number of H-pyrrole nitrogens is 1. The van der Waals surface area contributed by atoms with Gasteiger partial charge < -0.3 is 14.5 Å². The molecule has 1 heterocycles. The molecular formula is C22H26N4O3S. The van der Waals surface area contributed by atoms with E-state index in [2.05, 4.69) is 34.3 Å². The quantitative estimate of drug-likeness (QED) is 0.312. The molecule has 0 fully saturated rings. The number of carbonyl (C=O) groups is 1. The maximum absolute atomic E-state index is 12.5. The number of nitrogens with zero attached hydrogens (tertiary/aromatic N) is 2. The Balaban J connectivity index is 1.69. The van der Waals surface area contributed by atoms with Crippen LogP contribution in [0.1, 0.15) is 43.6 Å². The highest BCUT2D eigenvalue weighted by Crippen LogP contribution is 2.28. The SMILES string of the molecule is COc1ccc(/C=N\NC(=O)c2ccc3nc(SC(C)C)[nH]c3c2)cc1OC(C)C. The maximum Gasteiger partial charge on any atom is 0.271 e. The predicted molar refractivity (Wildman–Crippen MR) is 121 cm³/mol. The molecule has 0 aliphatic heterocycles. The molecule has 0 aliphatic carbocycles. The fraction of sp³-hybridized carbons (Fsp3) is 0.318. The highest BCUT2D eigenvalue weighted by molar-refractivity contribution is 7.99. The number of hydrogen-bond acceptors (Lipinski definition) is 6. The first-order valence-electron chi connectivity index (χ1n) is 9.70. The molecule has 158 valence electrons. The van der Waals surface area contributed by atoms with Gasteiger partial charge in [0.15, 0.2) is 16.7 Å². The van der Waals surface area contributed by atoms with Crippen molar-refractivity contribution in [2.24, 2.45) is 5.10 Å². The van der Waals surface area contributed by atoms with Gasteiger partial charge in [-0.15, -0.1) is 0 Å². The molecule has 1 aromatic heterocycles. The lowest BCUT2D eigenvalue weighted by Crippen LogP contribution is -2.17. The van der Waals surface area contributed by atoms with E-state index in [0.29, 0.717) is 22.3 Å². The summed E-state index contributed by atoms with van der Waals surface area (Å²) < 4.78 is 11.1. The van der Waals surface area contributed by atoms with Gasteiger partial charge >= 0.3 is 0 Å². The summed E-state index contributed by atoms with van der Waals surface area (Å²) in [5.41, 5.74) is 5.49. The van der Waals surface area contributed by atoms with E-state index < -0.39 is 0 Å². The number of ether oxygens (including phenoxy) is 2. The Morgan fingerprint density at radius 1 is 1.17 bits per heavy atom. The summed E-state index contributed by atoms with van der Waals surface area (Å²) in [6.45, 7) is 8.10. The molecule has 0 saturated heterocycles. The van der Waals surface area contributed by atoms with Gasteiger partial charge in [0.1, 0.15) is 0 Å². The Morgan fingerprint density at radius 2 is 1.97 bits per heavy atom. The van der Waals surface area contributed by atoms with Gasteiger partial charge in [-0.05, 0) is 55.8 Å². The van der Waals surface area contributed by atoms with Gasteiger partial charge in [-0.2, -0.15) is 5.10 Å². The number of aromatic nitrogens is 2. The summed E-state index contributed by atoms with van der Waals surface area (Å²) in [7, 11) is 1.59. The zero-order valence-corrected chi connectivity index (χ0v) is 18.5. The van der Waals surface area contributed by atoms with E-state index in [1.54, 1.807) is 43.3 Å². The van der Waals surface area contributed by atoms with Crippen LogP contribution in [0.2, 0.25) is 0 Å². The molecule has 8 heteroatoms. The summed E-state index contributed by atoms with van der Waals surface area (Å²) >= 11 is 1.65. The van der Waals surface area contributed by atoms with Gasteiger partial charge in [-0.3, -0.25) is 4.79 Å². The number of hydrogen-bond donors (Lipinski definition) is 2. The first kappa shape index (κ1) is 21.7. The van der Waals surface area contributed by atoms with Crippen LogP contribution in [-0.4, -0.2) is 40.6 Å². The summed E-state index contributed by atoms with van der Waals surface area (Å²) in [5, 5.41) is 5.33. The second-order valence-corrected chi connectivity index (χ2v) is 8.78. The molecule has 2 N–H and O–H groups in total. The first-order valence-corrected chi connectivity index (χ1v) is 10.6. The number of methoxy groups -OCH3 is 1. The van der Waals surface area contributed by atoms with Gasteiger partial charge in [0.2, 0.25) is 0 Å². The molecule has 7 nitrogen and oxygen atoms in total. The number of nitrogens with one attached hydrogen (secondary N) is 2. The van der Waals surface area contributed by atoms with Gasteiger partial charge in [-0.1, -0.05) is 25.6 Å². The van der Waals surface area contributed by atoms with Crippen molar-refractivity contribution in [2.45, 2.75) is 44.2 Å². The Morgan fingerprint density at radius 3 is 2.67 bits per heavy atom.